The van der Waals surface area contributed by atoms with Crippen LogP contribution in [-0.4, -0.2) is 34.7 Å². The van der Waals surface area contributed by atoms with Crippen molar-refractivity contribution in [3.63, 3.8) is 0 Å². The Balaban J connectivity index is 2.06. The molecule has 108 valence electrons. The van der Waals surface area contributed by atoms with E-state index in [0.29, 0.717) is 18.8 Å². The number of sulfone groups is 1. The highest BCUT2D eigenvalue weighted by Crippen LogP contribution is 2.17. The molecule has 0 atom stereocenters. The molecule has 0 aliphatic heterocycles. The van der Waals surface area contributed by atoms with Crippen LogP contribution in [-0.2, 0) is 16.4 Å². The summed E-state index contributed by atoms with van der Waals surface area (Å²) in [6, 6.07) is 7.88. The van der Waals surface area contributed by atoms with E-state index in [1.54, 1.807) is 11.0 Å². The van der Waals surface area contributed by atoms with E-state index in [1.165, 1.54) is 0 Å². The van der Waals surface area contributed by atoms with E-state index >= 15 is 0 Å². The van der Waals surface area contributed by atoms with Crippen LogP contribution < -0.4 is 0 Å². The SMILES string of the molecule is CCCS(=O)(=O)CCn1cnc(-c2cccc(I)c2)n1. The van der Waals surface area contributed by atoms with Crippen LogP contribution >= 0.6 is 22.6 Å². The molecule has 0 N–H and O–H groups in total. The van der Waals surface area contributed by atoms with Crippen LogP contribution in [0.1, 0.15) is 13.3 Å². The Hall–Kier alpha value is -0.960. The van der Waals surface area contributed by atoms with Crippen molar-refractivity contribution < 1.29 is 8.42 Å². The fourth-order valence-electron chi connectivity index (χ4n) is 1.81. The molecule has 1 aromatic heterocycles. The molecule has 2 aromatic rings. The van der Waals surface area contributed by atoms with Crippen LogP contribution in [0.3, 0.4) is 0 Å². The van der Waals surface area contributed by atoms with Gasteiger partial charge in [-0.25, -0.2) is 13.4 Å². The van der Waals surface area contributed by atoms with E-state index in [-0.39, 0.29) is 11.5 Å². The second kappa shape index (κ2) is 6.66. The molecule has 0 bridgehead atoms. The fourth-order valence-corrected chi connectivity index (χ4v) is 3.64. The van der Waals surface area contributed by atoms with Gasteiger partial charge >= 0.3 is 0 Å². The second-order valence-electron chi connectivity index (χ2n) is 4.49. The smallest absolute Gasteiger partial charge is 0.181 e. The zero-order chi connectivity index (χ0) is 14.6. The predicted molar refractivity (Wildman–Crippen MR) is 87.1 cm³/mol. The standard InChI is InChI=1S/C13H16IN3O2S/c1-2-7-20(18,19)8-6-17-10-15-13(16-17)11-4-3-5-12(14)9-11/h3-5,9-10H,2,6-8H2,1H3. The van der Waals surface area contributed by atoms with Crippen molar-refractivity contribution >= 4 is 32.4 Å². The first-order valence-electron chi connectivity index (χ1n) is 6.36. The summed E-state index contributed by atoms with van der Waals surface area (Å²) in [5, 5.41) is 4.32. The summed E-state index contributed by atoms with van der Waals surface area (Å²) < 4.78 is 26.0. The zero-order valence-electron chi connectivity index (χ0n) is 11.2. The highest BCUT2D eigenvalue weighted by atomic mass is 127. The Bertz CT molecular complexity index is 682. The van der Waals surface area contributed by atoms with Gasteiger partial charge in [-0.1, -0.05) is 19.1 Å². The molecule has 5 nitrogen and oxygen atoms in total. The maximum Gasteiger partial charge on any atom is 0.181 e. The average Bonchev–Trinajstić information content (AvgIpc) is 2.85. The molecule has 0 aliphatic carbocycles. The fraction of sp³-hybridized carbons (Fsp3) is 0.385. The Labute approximate surface area is 132 Å². The summed E-state index contributed by atoms with van der Waals surface area (Å²) in [4.78, 5) is 4.23. The molecule has 0 aliphatic rings. The van der Waals surface area contributed by atoms with Crippen molar-refractivity contribution in [2.45, 2.75) is 19.9 Å². The molecule has 0 saturated heterocycles. The molecule has 7 heteroatoms. The van der Waals surface area contributed by atoms with Crippen molar-refractivity contribution in [1.82, 2.24) is 14.8 Å². The third kappa shape index (κ3) is 4.27. The third-order valence-electron chi connectivity index (χ3n) is 2.77. The number of rotatable bonds is 6. The van der Waals surface area contributed by atoms with Gasteiger partial charge in [0.05, 0.1) is 12.3 Å². The number of benzene rings is 1. The Morgan fingerprint density at radius 1 is 1.30 bits per heavy atom. The summed E-state index contributed by atoms with van der Waals surface area (Å²) in [5.74, 6) is 0.956. The van der Waals surface area contributed by atoms with Gasteiger partial charge in [-0.05, 0) is 41.1 Å². The van der Waals surface area contributed by atoms with E-state index in [1.807, 2.05) is 31.2 Å². The van der Waals surface area contributed by atoms with Crippen molar-refractivity contribution in [1.29, 1.82) is 0 Å². The van der Waals surface area contributed by atoms with E-state index < -0.39 is 9.84 Å². The molecule has 2 rings (SSSR count). The highest BCUT2D eigenvalue weighted by Gasteiger charge is 2.11. The third-order valence-corrected chi connectivity index (χ3v) is 5.27. The van der Waals surface area contributed by atoms with E-state index in [9.17, 15) is 8.42 Å². The summed E-state index contributed by atoms with van der Waals surface area (Å²) >= 11 is 2.23. The van der Waals surface area contributed by atoms with E-state index in [2.05, 4.69) is 32.7 Å². The van der Waals surface area contributed by atoms with Crippen LogP contribution in [0.15, 0.2) is 30.6 Å². The largest absolute Gasteiger partial charge is 0.251 e. The van der Waals surface area contributed by atoms with Crippen molar-refractivity contribution in [3.05, 3.63) is 34.2 Å². The van der Waals surface area contributed by atoms with Gasteiger partial charge in [0.1, 0.15) is 6.33 Å². The molecular formula is C13H16IN3O2S. The van der Waals surface area contributed by atoms with Crippen LogP contribution in [0, 0.1) is 3.57 Å². The minimum atomic E-state index is -2.98. The molecule has 0 saturated carbocycles. The number of hydrogen-bond acceptors (Lipinski definition) is 4. The lowest BCUT2D eigenvalue weighted by Gasteiger charge is -2.02. The van der Waals surface area contributed by atoms with Gasteiger partial charge in [0.2, 0.25) is 0 Å². The van der Waals surface area contributed by atoms with Crippen LogP contribution in [0.2, 0.25) is 0 Å². The lowest BCUT2D eigenvalue weighted by Crippen LogP contribution is -2.16. The van der Waals surface area contributed by atoms with Gasteiger partial charge < -0.3 is 0 Å². The van der Waals surface area contributed by atoms with Gasteiger partial charge in [0, 0.05) is 14.9 Å². The molecule has 0 unspecified atom stereocenters. The summed E-state index contributed by atoms with van der Waals surface area (Å²) in [6.45, 7) is 2.21. The monoisotopic (exact) mass is 405 g/mol. The van der Waals surface area contributed by atoms with E-state index in [0.717, 1.165) is 9.13 Å². The molecular weight excluding hydrogens is 389 g/mol. The minimum absolute atomic E-state index is 0.107. The molecule has 1 heterocycles. The average molecular weight is 405 g/mol. The lowest BCUT2D eigenvalue weighted by atomic mass is 10.2. The molecule has 20 heavy (non-hydrogen) atoms. The van der Waals surface area contributed by atoms with Crippen LogP contribution in [0.4, 0.5) is 0 Å². The predicted octanol–water partition coefficient (Wildman–Crippen LogP) is 2.37. The zero-order valence-corrected chi connectivity index (χ0v) is 14.1. The van der Waals surface area contributed by atoms with Gasteiger partial charge in [0.15, 0.2) is 15.7 Å². The molecule has 1 aromatic carbocycles. The number of aryl methyl sites for hydroxylation is 1. The van der Waals surface area contributed by atoms with Crippen LogP contribution in [0.25, 0.3) is 11.4 Å². The first-order chi connectivity index (χ1) is 9.50. The first kappa shape index (κ1) is 15.4. The lowest BCUT2D eigenvalue weighted by molar-refractivity contribution is 0.579. The Kier molecular flexibility index (Phi) is 5.14. The van der Waals surface area contributed by atoms with E-state index in [4.69, 9.17) is 0 Å². The van der Waals surface area contributed by atoms with Gasteiger partial charge in [-0.2, -0.15) is 5.10 Å². The van der Waals surface area contributed by atoms with Crippen molar-refractivity contribution in [2.24, 2.45) is 0 Å². The number of halogens is 1. The Morgan fingerprint density at radius 3 is 2.80 bits per heavy atom. The number of hydrogen-bond donors (Lipinski definition) is 0. The topological polar surface area (TPSA) is 64.8 Å². The van der Waals surface area contributed by atoms with Crippen molar-refractivity contribution in [2.75, 3.05) is 11.5 Å². The van der Waals surface area contributed by atoms with Crippen LogP contribution in [0.5, 0.6) is 0 Å². The van der Waals surface area contributed by atoms with Gasteiger partial charge in [-0.3, -0.25) is 4.68 Å². The second-order valence-corrected chi connectivity index (χ2v) is 8.04. The normalized spacial score (nSPS) is 11.7. The quantitative estimate of drug-likeness (QED) is 0.693. The first-order valence-corrected chi connectivity index (χ1v) is 9.26. The molecule has 0 fully saturated rings. The number of aromatic nitrogens is 3. The Morgan fingerprint density at radius 2 is 2.10 bits per heavy atom. The van der Waals surface area contributed by atoms with Gasteiger partial charge in [-0.15, -0.1) is 0 Å². The number of nitrogens with zero attached hydrogens (tertiary/aromatic N) is 3. The van der Waals surface area contributed by atoms with Crippen molar-refractivity contribution in [3.8, 4) is 11.4 Å². The summed E-state index contributed by atoms with van der Waals surface area (Å²) in [6.07, 6.45) is 2.23. The minimum Gasteiger partial charge on any atom is -0.251 e. The summed E-state index contributed by atoms with van der Waals surface area (Å²) in [5.41, 5.74) is 0.937. The van der Waals surface area contributed by atoms with Gasteiger partial charge in [0.25, 0.3) is 0 Å². The molecule has 0 amide bonds. The maximum absolute atomic E-state index is 11.7. The molecule has 0 spiro atoms. The molecule has 0 radical (unpaired) electrons. The maximum atomic E-state index is 11.7. The highest BCUT2D eigenvalue weighted by molar-refractivity contribution is 14.1. The summed E-state index contributed by atoms with van der Waals surface area (Å²) in [7, 11) is -2.98.